The first-order valence-corrected chi connectivity index (χ1v) is 10.5. The Morgan fingerprint density at radius 3 is 2.76 bits per heavy atom. The first-order chi connectivity index (χ1) is 14.2. The van der Waals surface area contributed by atoms with Crippen LogP contribution in [0.15, 0.2) is 66.0 Å². The Hall–Kier alpha value is -3.18. The van der Waals surface area contributed by atoms with Crippen molar-refractivity contribution in [2.24, 2.45) is 0 Å². The number of amides is 1. The minimum Gasteiger partial charge on any atom is -0.494 e. The second-order valence-corrected chi connectivity index (χ2v) is 7.66. The van der Waals surface area contributed by atoms with E-state index in [1.165, 1.54) is 0 Å². The highest BCUT2D eigenvalue weighted by atomic mass is 32.1. The molecule has 146 valence electrons. The van der Waals surface area contributed by atoms with Crippen LogP contribution in [0.1, 0.15) is 28.5 Å². The smallest absolute Gasteiger partial charge is 0.252 e. The molecular weight excluding hydrogens is 380 g/mol. The zero-order valence-electron chi connectivity index (χ0n) is 16.4. The molecule has 29 heavy (non-hydrogen) atoms. The molecule has 2 aromatic heterocycles. The molecule has 4 aromatic rings. The average molecular weight is 403 g/mol. The summed E-state index contributed by atoms with van der Waals surface area (Å²) in [6, 6.07) is 19.7. The lowest BCUT2D eigenvalue weighted by Crippen LogP contribution is -2.23. The first kappa shape index (κ1) is 19.2. The van der Waals surface area contributed by atoms with Crippen LogP contribution in [0.2, 0.25) is 0 Å². The number of para-hydroxylation sites is 2. The molecule has 1 amide bonds. The van der Waals surface area contributed by atoms with Gasteiger partial charge in [0.15, 0.2) is 0 Å². The van der Waals surface area contributed by atoms with E-state index in [1.807, 2.05) is 67.8 Å². The van der Waals surface area contributed by atoms with Gasteiger partial charge in [-0.25, -0.2) is 0 Å². The number of aryl methyl sites for hydroxylation is 1. The van der Waals surface area contributed by atoms with Crippen LogP contribution < -0.4 is 10.1 Å². The summed E-state index contributed by atoms with van der Waals surface area (Å²) in [5.74, 6) is 0.682. The van der Waals surface area contributed by atoms with Crippen molar-refractivity contribution in [3.05, 3.63) is 82.9 Å². The molecule has 0 saturated heterocycles. The number of rotatable bonds is 6. The summed E-state index contributed by atoms with van der Waals surface area (Å²) in [5, 5.41) is 5.95. The van der Waals surface area contributed by atoms with Gasteiger partial charge in [0.05, 0.1) is 17.7 Å². The van der Waals surface area contributed by atoms with Gasteiger partial charge in [0, 0.05) is 33.6 Å². The molecule has 0 saturated carbocycles. The number of hydrogen-bond donors (Lipinski definition) is 1. The van der Waals surface area contributed by atoms with Gasteiger partial charge in [-0.15, -0.1) is 11.3 Å². The number of nitrogens with one attached hydrogen (secondary N) is 1. The number of fused-ring (bicyclic) bond motifs is 1. The molecule has 2 aromatic carbocycles. The van der Waals surface area contributed by atoms with E-state index >= 15 is 0 Å². The maximum atomic E-state index is 13.1. The van der Waals surface area contributed by atoms with Gasteiger partial charge in [-0.1, -0.05) is 42.5 Å². The lowest BCUT2D eigenvalue weighted by atomic mass is 10.0. The third kappa shape index (κ3) is 4.00. The molecule has 0 unspecified atom stereocenters. The molecule has 5 heteroatoms. The van der Waals surface area contributed by atoms with Gasteiger partial charge >= 0.3 is 0 Å². The van der Waals surface area contributed by atoms with Gasteiger partial charge in [0.1, 0.15) is 5.75 Å². The Balaban J connectivity index is 1.67. The van der Waals surface area contributed by atoms with Crippen LogP contribution in [0.3, 0.4) is 0 Å². The van der Waals surface area contributed by atoms with Crippen LogP contribution in [-0.2, 0) is 6.54 Å². The lowest BCUT2D eigenvalue weighted by Gasteiger charge is -2.13. The second-order valence-electron chi connectivity index (χ2n) is 6.71. The average Bonchev–Trinajstić information content (AvgIpc) is 3.27. The van der Waals surface area contributed by atoms with Crippen LogP contribution in [0.25, 0.3) is 21.3 Å². The van der Waals surface area contributed by atoms with Gasteiger partial charge in [-0.2, -0.15) is 0 Å². The van der Waals surface area contributed by atoms with Crippen LogP contribution in [-0.4, -0.2) is 17.5 Å². The van der Waals surface area contributed by atoms with Crippen molar-refractivity contribution in [2.45, 2.75) is 20.4 Å². The van der Waals surface area contributed by atoms with Crippen LogP contribution >= 0.6 is 11.3 Å². The van der Waals surface area contributed by atoms with E-state index in [2.05, 4.69) is 17.4 Å². The minimum atomic E-state index is -0.116. The van der Waals surface area contributed by atoms with E-state index < -0.39 is 0 Å². The molecule has 0 aliphatic carbocycles. The number of aromatic nitrogens is 1. The Kier molecular flexibility index (Phi) is 5.58. The van der Waals surface area contributed by atoms with Gasteiger partial charge < -0.3 is 10.1 Å². The van der Waals surface area contributed by atoms with Crippen LogP contribution in [0.5, 0.6) is 5.75 Å². The van der Waals surface area contributed by atoms with E-state index in [4.69, 9.17) is 9.72 Å². The fourth-order valence-corrected chi connectivity index (χ4v) is 4.16. The number of nitrogens with zero attached hydrogens (tertiary/aromatic N) is 1. The van der Waals surface area contributed by atoms with Gasteiger partial charge in [-0.05, 0) is 37.4 Å². The number of pyridine rings is 1. The molecule has 4 rings (SSSR count). The third-order valence-electron chi connectivity index (χ3n) is 4.71. The fraction of sp³-hybridized carbons (Fsp3) is 0.167. The predicted molar refractivity (Wildman–Crippen MR) is 119 cm³/mol. The topological polar surface area (TPSA) is 51.2 Å². The van der Waals surface area contributed by atoms with Crippen molar-refractivity contribution < 1.29 is 9.53 Å². The van der Waals surface area contributed by atoms with Crippen LogP contribution in [0.4, 0.5) is 0 Å². The number of ether oxygens (including phenoxy) is 1. The molecule has 0 bridgehead atoms. The summed E-state index contributed by atoms with van der Waals surface area (Å²) in [5.41, 5.74) is 4.32. The summed E-state index contributed by atoms with van der Waals surface area (Å²) >= 11 is 1.67. The normalized spacial score (nSPS) is 10.8. The fourth-order valence-electron chi connectivity index (χ4n) is 3.41. The maximum Gasteiger partial charge on any atom is 0.252 e. The Bertz CT molecular complexity index is 1150. The highest BCUT2D eigenvalue weighted by Gasteiger charge is 2.15. The quantitative estimate of drug-likeness (QED) is 0.457. The van der Waals surface area contributed by atoms with Gasteiger partial charge in [-0.3, -0.25) is 9.78 Å². The van der Waals surface area contributed by atoms with E-state index in [1.54, 1.807) is 11.3 Å². The Morgan fingerprint density at radius 1 is 1.10 bits per heavy atom. The molecule has 0 aliphatic rings. The molecule has 2 heterocycles. The monoisotopic (exact) mass is 402 g/mol. The van der Waals surface area contributed by atoms with E-state index in [9.17, 15) is 4.79 Å². The summed E-state index contributed by atoms with van der Waals surface area (Å²) in [4.78, 5) is 19.0. The second kappa shape index (κ2) is 8.45. The highest BCUT2D eigenvalue weighted by Crippen LogP contribution is 2.32. The molecule has 0 spiro atoms. The molecule has 0 aliphatic heterocycles. The number of thiophene rings is 1. The summed E-state index contributed by atoms with van der Waals surface area (Å²) in [6.07, 6.45) is 0. The van der Waals surface area contributed by atoms with E-state index in [-0.39, 0.29) is 5.91 Å². The van der Waals surface area contributed by atoms with Crippen molar-refractivity contribution >= 4 is 28.1 Å². The molecule has 0 radical (unpaired) electrons. The number of carbonyl (C=O) groups is 1. The van der Waals surface area contributed by atoms with Gasteiger partial charge in [0.2, 0.25) is 0 Å². The van der Waals surface area contributed by atoms with E-state index in [0.29, 0.717) is 18.7 Å². The molecule has 1 N–H and O–H groups in total. The number of benzene rings is 2. The highest BCUT2D eigenvalue weighted by molar-refractivity contribution is 7.13. The zero-order chi connectivity index (χ0) is 20.2. The standard InChI is InChI=1S/C24H22N2O2S/c1-3-28-21-11-5-4-8-17(21)15-25-24(27)20-14-16(2)26-23-18(20)9-6-10-19(23)22-12-7-13-29-22/h4-14H,3,15H2,1-2H3,(H,25,27). The molecule has 0 atom stereocenters. The summed E-state index contributed by atoms with van der Waals surface area (Å²) in [6.45, 7) is 4.87. The summed E-state index contributed by atoms with van der Waals surface area (Å²) < 4.78 is 5.66. The van der Waals surface area contributed by atoms with E-state index in [0.717, 1.165) is 38.4 Å². The van der Waals surface area contributed by atoms with Crippen molar-refractivity contribution in [2.75, 3.05) is 6.61 Å². The SMILES string of the molecule is CCOc1ccccc1CNC(=O)c1cc(C)nc2c(-c3cccs3)cccc12. The first-order valence-electron chi connectivity index (χ1n) is 9.60. The largest absolute Gasteiger partial charge is 0.494 e. The van der Waals surface area contributed by atoms with Crippen molar-refractivity contribution in [3.63, 3.8) is 0 Å². The lowest BCUT2D eigenvalue weighted by molar-refractivity contribution is 0.0952. The van der Waals surface area contributed by atoms with Crippen LogP contribution in [0, 0.1) is 6.92 Å². The number of hydrogen-bond acceptors (Lipinski definition) is 4. The van der Waals surface area contributed by atoms with Crippen molar-refractivity contribution in [1.29, 1.82) is 0 Å². The van der Waals surface area contributed by atoms with Crippen molar-refractivity contribution in [1.82, 2.24) is 10.3 Å². The molecular formula is C24H22N2O2S. The zero-order valence-corrected chi connectivity index (χ0v) is 17.3. The molecule has 0 fully saturated rings. The molecule has 4 nitrogen and oxygen atoms in total. The Morgan fingerprint density at radius 2 is 1.97 bits per heavy atom. The maximum absolute atomic E-state index is 13.1. The van der Waals surface area contributed by atoms with Gasteiger partial charge in [0.25, 0.3) is 5.91 Å². The summed E-state index contributed by atoms with van der Waals surface area (Å²) in [7, 11) is 0. The van der Waals surface area contributed by atoms with Crippen molar-refractivity contribution in [3.8, 4) is 16.2 Å². The minimum absolute atomic E-state index is 0.116. The number of carbonyl (C=O) groups excluding carboxylic acids is 1. The third-order valence-corrected chi connectivity index (χ3v) is 5.61. The predicted octanol–water partition coefficient (Wildman–Crippen LogP) is 5.60. The Labute approximate surface area is 174 Å².